The number of nitrogens with zero attached hydrogens (tertiary/aromatic N) is 4. The quantitative estimate of drug-likeness (QED) is 0.200. The number of fused-ring (bicyclic) bond motifs is 4. The summed E-state index contributed by atoms with van der Waals surface area (Å²) in [7, 11) is 2.22. The summed E-state index contributed by atoms with van der Waals surface area (Å²) in [5, 5.41) is 3.42. The number of anilines is 1. The van der Waals surface area contributed by atoms with Crippen LogP contribution in [0.15, 0.2) is 53.6 Å². The summed E-state index contributed by atoms with van der Waals surface area (Å²) in [5.41, 5.74) is 4.24. The Labute approximate surface area is 294 Å². The maximum absolute atomic E-state index is 14.5. The molecule has 1 unspecified atom stereocenters. The number of carbonyl (C=O) groups excluding carboxylic acids is 2. The first-order valence-corrected chi connectivity index (χ1v) is 19.5. The highest BCUT2D eigenvalue weighted by Crippen LogP contribution is 2.47. The third-order valence-corrected chi connectivity index (χ3v) is 12.7. The molecule has 6 rings (SSSR count). The molecule has 12 nitrogen and oxygen atoms in total. The molecule has 0 spiro atoms. The van der Waals surface area contributed by atoms with Gasteiger partial charge in [0.2, 0.25) is 0 Å². The lowest BCUT2D eigenvalue weighted by Crippen LogP contribution is -2.36. The summed E-state index contributed by atoms with van der Waals surface area (Å²) in [6.07, 6.45) is 5.25. The average Bonchev–Trinajstić information content (AvgIpc) is 3.59. The van der Waals surface area contributed by atoms with Crippen LogP contribution in [0.1, 0.15) is 46.9 Å². The number of ether oxygens (including phenoxy) is 4. The van der Waals surface area contributed by atoms with Crippen molar-refractivity contribution < 1.29 is 33.1 Å². The minimum absolute atomic E-state index is 0.0573. The van der Waals surface area contributed by atoms with Gasteiger partial charge >= 0.3 is 0 Å². The number of rotatable bonds is 14. The summed E-state index contributed by atoms with van der Waals surface area (Å²) in [6.45, 7) is 13.1. The molecule has 2 saturated heterocycles. The van der Waals surface area contributed by atoms with Crippen molar-refractivity contribution in [3.05, 3.63) is 59.7 Å². The summed E-state index contributed by atoms with van der Waals surface area (Å²) in [4.78, 5) is 37.1. The average molecular weight is 706 g/mol. The molecular formula is C37H48N5O7P. The highest BCUT2D eigenvalue weighted by Gasteiger charge is 2.36. The third-order valence-electron chi connectivity index (χ3n) is 9.75. The molecule has 0 bridgehead atoms. The normalized spacial score (nSPS) is 20.7. The van der Waals surface area contributed by atoms with E-state index in [1.807, 2.05) is 11.9 Å². The number of aliphatic imine (C=N–C) groups is 1. The Kier molecular flexibility index (Phi) is 10.6. The minimum Gasteiger partial charge on any atom is -0.493 e. The second-order valence-corrected chi connectivity index (χ2v) is 16.9. The van der Waals surface area contributed by atoms with Gasteiger partial charge in [0.1, 0.15) is 7.14 Å². The van der Waals surface area contributed by atoms with Crippen LogP contribution in [0.25, 0.3) is 0 Å². The van der Waals surface area contributed by atoms with Gasteiger partial charge in [0.05, 0.1) is 68.3 Å². The van der Waals surface area contributed by atoms with Gasteiger partial charge in [-0.25, -0.2) is 0 Å². The van der Waals surface area contributed by atoms with E-state index < -0.39 is 7.14 Å². The first-order valence-electron chi connectivity index (χ1n) is 17.2. The van der Waals surface area contributed by atoms with Crippen molar-refractivity contribution >= 4 is 36.5 Å². The Morgan fingerprint density at radius 2 is 1.52 bits per heavy atom. The van der Waals surface area contributed by atoms with Crippen LogP contribution in [0.2, 0.25) is 0 Å². The molecule has 0 aromatic heterocycles. The molecule has 2 fully saturated rings. The van der Waals surface area contributed by atoms with Crippen LogP contribution in [-0.4, -0.2) is 124 Å². The second-order valence-electron chi connectivity index (χ2n) is 13.6. The fourth-order valence-electron chi connectivity index (χ4n) is 7.23. The summed E-state index contributed by atoms with van der Waals surface area (Å²) >= 11 is 0. The number of hydrogen-bond acceptors (Lipinski definition) is 10. The van der Waals surface area contributed by atoms with Gasteiger partial charge in [-0.2, -0.15) is 0 Å². The van der Waals surface area contributed by atoms with Gasteiger partial charge in [0, 0.05) is 50.3 Å². The highest BCUT2D eigenvalue weighted by molar-refractivity contribution is 7.63. The molecular weight excluding hydrogens is 657 g/mol. The Bertz CT molecular complexity index is 1760. The van der Waals surface area contributed by atoms with Crippen molar-refractivity contribution in [2.45, 2.75) is 38.3 Å². The molecule has 2 amide bonds. The number of nitrogens with one attached hydrogen (secondary N) is 1. The molecule has 4 heterocycles. The van der Waals surface area contributed by atoms with Crippen LogP contribution in [0.5, 0.6) is 23.0 Å². The monoisotopic (exact) mass is 705 g/mol. The van der Waals surface area contributed by atoms with Crippen LogP contribution in [0.3, 0.4) is 0 Å². The summed E-state index contributed by atoms with van der Waals surface area (Å²) in [6, 6.07) is 6.86. The maximum atomic E-state index is 14.5. The fraction of sp³-hybridized carbons (Fsp3) is 0.486. The maximum Gasteiger partial charge on any atom is 0.257 e. The Morgan fingerprint density at radius 3 is 2.20 bits per heavy atom. The van der Waals surface area contributed by atoms with Crippen LogP contribution >= 0.6 is 7.14 Å². The molecule has 0 aliphatic carbocycles. The first-order chi connectivity index (χ1) is 24.0. The van der Waals surface area contributed by atoms with Crippen LogP contribution in [0.4, 0.5) is 11.4 Å². The lowest BCUT2D eigenvalue weighted by Gasteiger charge is -2.25. The molecule has 3 atom stereocenters. The number of amides is 2. The van der Waals surface area contributed by atoms with Gasteiger partial charge in [-0.15, -0.1) is 0 Å². The molecule has 4 aliphatic rings. The molecule has 50 heavy (non-hydrogen) atoms. The predicted molar refractivity (Wildman–Crippen MR) is 196 cm³/mol. The lowest BCUT2D eigenvalue weighted by atomic mass is 10.1. The molecule has 2 aromatic carbocycles. The van der Waals surface area contributed by atoms with Crippen molar-refractivity contribution in [2.24, 2.45) is 4.99 Å². The van der Waals surface area contributed by atoms with Gasteiger partial charge in [0.25, 0.3) is 11.8 Å². The largest absolute Gasteiger partial charge is 0.493 e. The Hall–Kier alpha value is -4.28. The molecule has 13 heteroatoms. The predicted octanol–water partition coefficient (Wildman–Crippen LogP) is 5.51. The van der Waals surface area contributed by atoms with Crippen molar-refractivity contribution in [3.63, 3.8) is 0 Å². The van der Waals surface area contributed by atoms with Crippen molar-refractivity contribution in [2.75, 3.05) is 84.6 Å². The van der Waals surface area contributed by atoms with E-state index in [1.54, 1.807) is 42.5 Å². The highest BCUT2D eigenvalue weighted by atomic mass is 31.2. The zero-order chi connectivity index (χ0) is 35.6. The zero-order valence-electron chi connectivity index (χ0n) is 29.5. The van der Waals surface area contributed by atoms with E-state index in [0.717, 1.165) is 30.5 Å². The second kappa shape index (κ2) is 14.9. The van der Waals surface area contributed by atoms with E-state index in [9.17, 15) is 14.2 Å². The molecule has 1 N–H and O–H groups in total. The Morgan fingerprint density at radius 1 is 0.900 bits per heavy atom. The molecule has 2 aromatic rings. The number of carbonyl (C=O) groups is 2. The molecule has 4 aliphatic heterocycles. The van der Waals surface area contributed by atoms with Crippen molar-refractivity contribution in [3.8, 4) is 23.0 Å². The van der Waals surface area contributed by atoms with Gasteiger partial charge in [-0.3, -0.25) is 19.5 Å². The van der Waals surface area contributed by atoms with E-state index in [1.165, 1.54) is 7.11 Å². The minimum atomic E-state index is -2.83. The van der Waals surface area contributed by atoms with Crippen molar-refractivity contribution in [1.29, 1.82) is 0 Å². The van der Waals surface area contributed by atoms with E-state index in [-0.39, 0.29) is 37.1 Å². The van der Waals surface area contributed by atoms with E-state index >= 15 is 0 Å². The van der Waals surface area contributed by atoms with Crippen LogP contribution in [-0.2, 0) is 4.57 Å². The van der Waals surface area contributed by atoms with E-state index in [4.69, 9.17) is 18.9 Å². The van der Waals surface area contributed by atoms with Crippen LogP contribution < -0.4 is 24.3 Å². The van der Waals surface area contributed by atoms with E-state index in [0.29, 0.717) is 90.2 Å². The standard InChI is InChI=1S/C37H48N5O7P/c1-7-8-40(4)23-50(45,11-9-48-34-17-30-28(15-32(34)46-5)36(43)41-21-24(2)13-26(41)19-38-30)12-10-49-35-18-31-29(16-33(35)47-6)37(44)42-22-25(3)14-27(42)20-39-31/h15-19,26-27,39H,2-3,7-14,20-23H2,1,4-6H3/t26-,27-,50?/m0/s1. The Balaban J connectivity index is 1.14. The number of hydrogen-bond donors (Lipinski definition) is 1. The first kappa shape index (κ1) is 35.5. The molecule has 268 valence electrons. The summed E-state index contributed by atoms with van der Waals surface area (Å²) in [5.74, 6) is 1.61. The number of methoxy groups -OCH3 is 2. The third kappa shape index (κ3) is 7.42. The number of benzene rings is 2. The van der Waals surface area contributed by atoms with E-state index in [2.05, 4.69) is 35.3 Å². The SMILES string of the molecule is C=C1C[C@H]2CNc3cc(OCCP(=O)(CCOc4cc5c(cc4OC)C(=O)N4CC(=C)C[C@H]4C=N5)CN(C)CCC)c(OC)cc3C(=O)N2C1. The summed E-state index contributed by atoms with van der Waals surface area (Å²) < 4.78 is 38.2. The van der Waals surface area contributed by atoms with Crippen LogP contribution in [0, 0.1) is 0 Å². The van der Waals surface area contributed by atoms with Gasteiger partial charge in [0.15, 0.2) is 23.0 Å². The lowest BCUT2D eigenvalue weighted by molar-refractivity contribution is 0.0750. The van der Waals surface area contributed by atoms with Gasteiger partial charge < -0.3 is 38.6 Å². The fourth-order valence-corrected chi connectivity index (χ4v) is 9.61. The molecule has 0 radical (unpaired) electrons. The smallest absolute Gasteiger partial charge is 0.257 e. The topological polar surface area (TPSA) is 122 Å². The van der Waals surface area contributed by atoms with Gasteiger partial charge in [-0.1, -0.05) is 31.2 Å². The molecule has 0 saturated carbocycles. The van der Waals surface area contributed by atoms with Gasteiger partial charge in [-0.05, 0) is 45.0 Å². The van der Waals surface area contributed by atoms with Crippen molar-refractivity contribution in [1.82, 2.24) is 14.7 Å². The zero-order valence-corrected chi connectivity index (χ0v) is 30.4.